The van der Waals surface area contributed by atoms with E-state index in [9.17, 15) is 4.79 Å². The molecule has 0 saturated carbocycles. The van der Waals surface area contributed by atoms with Crippen molar-refractivity contribution in [2.75, 3.05) is 26.2 Å². The summed E-state index contributed by atoms with van der Waals surface area (Å²) in [5.74, 6) is 0.0985. The van der Waals surface area contributed by atoms with Gasteiger partial charge in [-0.1, -0.05) is 35.3 Å². The van der Waals surface area contributed by atoms with E-state index in [-0.39, 0.29) is 5.91 Å². The second-order valence-electron chi connectivity index (χ2n) is 6.78. The first-order valence-corrected chi connectivity index (χ1v) is 10.9. The largest absolute Gasteiger partial charge is 0.340 e. The van der Waals surface area contributed by atoms with Gasteiger partial charge in [0.25, 0.3) is 0 Å². The van der Waals surface area contributed by atoms with Gasteiger partial charge in [0.15, 0.2) is 0 Å². The molecule has 0 spiro atoms. The standard InChI is InChI=1S/C20H19Cl2N5OS/c21-16-3-1-2-14(19(16)22)12-26-6-8-27(9-7-26)18(28)10-15-13-29-20(25-15)17-11-23-4-5-24-17/h1-5,11,13H,6-10,12H2. The Morgan fingerprint density at radius 1 is 1.14 bits per heavy atom. The second kappa shape index (κ2) is 9.17. The lowest BCUT2D eigenvalue weighted by molar-refractivity contribution is -0.132. The average molecular weight is 448 g/mol. The number of halogens is 2. The van der Waals surface area contributed by atoms with E-state index < -0.39 is 0 Å². The molecule has 1 aliphatic rings. The summed E-state index contributed by atoms with van der Waals surface area (Å²) >= 11 is 13.9. The normalized spacial score (nSPS) is 14.9. The maximum atomic E-state index is 12.7. The quantitative estimate of drug-likeness (QED) is 0.595. The van der Waals surface area contributed by atoms with Crippen LogP contribution >= 0.6 is 34.5 Å². The van der Waals surface area contributed by atoms with Gasteiger partial charge in [0.2, 0.25) is 5.91 Å². The first-order valence-electron chi connectivity index (χ1n) is 9.24. The van der Waals surface area contributed by atoms with Crippen molar-refractivity contribution < 1.29 is 4.79 Å². The molecule has 1 saturated heterocycles. The minimum atomic E-state index is 0.0985. The van der Waals surface area contributed by atoms with E-state index >= 15 is 0 Å². The summed E-state index contributed by atoms with van der Waals surface area (Å²) in [4.78, 5) is 29.7. The van der Waals surface area contributed by atoms with Crippen LogP contribution in [-0.4, -0.2) is 56.8 Å². The van der Waals surface area contributed by atoms with Crippen molar-refractivity contribution >= 4 is 40.4 Å². The van der Waals surface area contributed by atoms with E-state index in [1.807, 2.05) is 22.4 Å². The minimum Gasteiger partial charge on any atom is -0.340 e. The zero-order valence-corrected chi connectivity index (χ0v) is 17.9. The van der Waals surface area contributed by atoms with Gasteiger partial charge in [-0.05, 0) is 11.6 Å². The zero-order chi connectivity index (χ0) is 20.2. The second-order valence-corrected chi connectivity index (χ2v) is 8.42. The molecule has 4 rings (SSSR count). The summed E-state index contributed by atoms with van der Waals surface area (Å²) in [5.41, 5.74) is 2.51. The van der Waals surface area contributed by atoms with Gasteiger partial charge in [-0.3, -0.25) is 19.7 Å². The van der Waals surface area contributed by atoms with Crippen LogP contribution in [0, 0.1) is 0 Å². The van der Waals surface area contributed by atoms with Gasteiger partial charge in [0.1, 0.15) is 10.7 Å². The molecule has 1 fully saturated rings. The first kappa shape index (κ1) is 20.2. The SMILES string of the molecule is O=C(Cc1csc(-c2cnccn2)n1)N1CCN(Cc2cccc(Cl)c2Cl)CC1. The fourth-order valence-electron chi connectivity index (χ4n) is 3.25. The van der Waals surface area contributed by atoms with Crippen LogP contribution in [-0.2, 0) is 17.8 Å². The fraction of sp³-hybridized carbons (Fsp3) is 0.300. The Bertz CT molecular complexity index is 990. The third-order valence-electron chi connectivity index (χ3n) is 4.82. The van der Waals surface area contributed by atoms with E-state index in [2.05, 4.69) is 19.9 Å². The number of rotatable bonds is 5. The lowest BCUT2D eigenvalue weighted by Crippen LogP contribution is -2.48. The van der Waals surface area contributed by atoms with Crippen molar-refractivity contribution in [2.45, 2.75) is 13.0 Å². The molecule has 9 heteroatoms. The third-order valence-corrected chi connectivity index (χ3v) is 6.59. The highest BCUT2D eigenvalue weighted by Crippen LogP contribution is 2.27. The number of nitrogens with zero attached hydrogens (tertiary/aromatic N) is 5. The Hall–Kier alpha value is -2.06. The maximum Gasteiger partial charge on any atom is 0.228 e. The summed E-state index contributed by atoms with van der Waals surface area (Å²) in [6, 6.07) is 5.69. The Morgan fingerprint density at radius 2 is 1.97 bits per heavy atom. The molecule has 1 aliphatic heterocycles. The molecule has 6 nitrogen and oxygen atoms in total. The topological polar surface area (TPSA) is 62.2 Å². The lowest BCUT2D eigenvalue weighted by Gasteiger charge is -2.35. The molecule has 0 N–H and O–H groups in total. The molecule has 0 aliphatic carbocycles. The number of carbonyl (C=O) groups is 1. The fourth-order valence-corrected chi connectivity index (χ4v) is 4.41. The molecule has 2 aromatic heterocycles. The van der Waals surface area contributed by atoms with Crippen molar-refractivity contribution in [3.63, 3.8) is 0 Å². The highest BCUT2D eigenvalue weighted by Gasteiger charge is 2.22. The highest BCUT2D eigenvalue weighted by molar-refractivity contribution is 7.13. The maximum absolute atomic E-state index is 12.7. The van der Waals surface area contributed by atoms with Gasteiger partial charge in [0.05, 0.1) is 28.4 Å². The van der Waals surface area contributed by atoms with Crippen molar-refractivity contribution in [3.8, 4) is 10.7 Å². The number of carbonyl (C=O) groups excluding carboxylic acids is 1. The molecule has 3 heterocycles. The summed E-state index contributed by atoms with van der Waals surface area (Å²) < 4.78 is 0. The first-order chi connectivity index (χ1) is 14.1. The third kappa shape index (κ3) is 4.93. The number of thiazole rings is 1. The number of amides is 1. The number of piperazine rings is 1. The van der Waals surface area contributed by atoms with Crippen molar-refractivity contribution in [1.82, 2.24) is 24.8 Å². The van der Waals surface area contributed by atoms with E-state index in [1.165, 1.54) is 11.3 Å². The van der Waals surface area contributed by atoms with Crippen LogP contribution in [0.3, 0.4) is 0 Å². The molecule has 1 amide bonds. The van der Waals surface area contributed by atoms with E-state index in [0.717, 1.165) is 41.6 Å². The molecular formula is C20H19Cl2N5OS. The predicted octanol–water partition coefficient (Wildman–Crippen LogP) is 3.79. The summed E-state index contributed by atoms with van der Waals surface area (Å²) in [6.45, 7) is 3.72. The monoisotopic (exact) mass is 447 g/mol. The summed E-state index contributed by atoms with van der Waals surface area (Å²) in [7, 11) is 0. The molecule has 3 aromatic rings. The predicted molar refractivity (Wildman–Crippen MR) is 115 cm³/mol. The van der Waals surface area contributed by atoms with E-state index in [4.69, 9.17) is 23.2 Å². The smallest absolute Gasteiger partial charge is 0.228 e. The summed E-state index contributed by atoms with van der Waals surface area (Å²) in [6.07, 6.45) is 5.24. The molecular weight excluding hydrogens is 429 g/mol. The number of hydrogen-bond donors (Lipinski definition) is 0. The number of benzene rings is 1. The van der Waals surface area contributed by atoms with E-state index in [1.54, 1.807) is 24.7 Å². The molecule has 0 bridgehead atoms. The Labute approximate surface area is 183 Å². The Balaban J connectivity index is 1.30. The Kier molecular flexibility index (Phi) is 6.40. The van der Waals surface area contributed by atoms with Crippen LogP contribution in [0.1, 0.15) is 11.3 Å². The van der Waals surface area contributed by atoms with Crippen LogP contribution < -0.4 is 0 Å². The molecule has 0 unspecified atom stereocenters. The summed E-state index contributed by atoms with van der Waals surface area (Å²) in [5, 5.41) is 3.88. The molecule has 0 atom stereocenters. The lowest BCUT2D eigenvalue weighted by atomic mass is 10.2. The van der Waals surface area contributed by atoms with E-state index in [0.29, 0.717) is 29.6 Å². The van der Waals surface area contributed by atoms with Crippen LogP contribution in [0.25, 0.3) is 10.7 Å². The molecule has 1 aromatic carbocycles. The van der Waals surface area contributed by atoms with Gasteiger partial charge in [-0.2, -0.15) is 0 Å². The zero-order valence-electron chi connectivity index (χ0n) is 15.6. The van der Waals surface area contributed by atoms with Crippen molar-refractivity contribution in [2.24, 2.45) is 0 Å². The van der Waals surface area contributed by atoms with Gasteiger partial charge in [-0.15, -0.1) is 11.3 Å². The van der Waals surface area contributed by atoms with Gasteiger partial charge in [0, 0.05) is 50.5 Å². The Morgan fingerprint density at radius 3 is 2.72 bits per heavy atom. The van der Waals surface area contributed by atoms with Gasteiger partial charge < -0.3 is 4.90 Å². The molecule has 150 valence electrons. The number of aromatic nitrogens is 3. The molecule has 0 radical (unpaired) electrons. The number of hydrogen-bond acceptors (Lipinski definition) is 6. The van der Waals surface area contributed by atoms with Gasteiger partial charge >= 0.3 is 0 Å². The van der Waals surface area contributed by atoms with Crippen molar-refractivity contribution in [3.05, 3.63) is 63.5 Å². The average Bonchev–Trinajstić information content (AvgIpc) is 3.21. The van der Waals surface area contributed by atoms with Crippen molar-refractivity contribution in [1.29, 1.82) is 0 Å². The van der Waals surface area contributed by atoms with Gasteiger partial charge in [-0.25, -0.2) is 4.98 Å². The molecule has 29 heavy (non-hydrogen) atoms. The van der Waals surface area contributed by atoms with Crippen LogP contribution in [0.5, 0.6) is 0 Å². The van der Waals surface area contributed by atoms with Crippen LogP contribution in [0.4, 0.5) is 0 Å². The van der Waals surface area contributed by atoms with Crippen LogP contribution in [0.15, 0.2) is 42.2 Å². The highest BCUT2D eigenvalue weighted by atomic mass is 35.5. The van der Waals surface area contributed by atoms with Crippen LogP contribution in [0.2, 0.25) is 10.0 Å². The minimum absolute atomic E-state index is 0.0985.